The van der Waals surface area contributed by atoms with Crippen LogP contribution in [-0.4, -0.2) is 83.1 Å². The van der Waals surface area contributed by atoms with E-state index in [9.17, 15) is 24.0 Å². The number of nitrogens with zero attached hydrogens (tertiary/aromatic N) is 2. The molecule has 1 heterocycles. The number of piperidine rings is 1. The first-order chi connectivity index (χ1) is 20.6. The molecule has 1 aliphatic heterocycles. The van der Waals surface area contributed by atoms with E-state index in [0.29, 0.717) is 32.2 Å². The van der Waals surface area contributed by atoms with E-state index in [1.807, 2.05) is 39.8 Å². The van der Waals surface area contributed by atoms with Crippen molar-refractivity contribution >= 4 is 29.5 Å². The Morgan fingerprint density at radius 1 is 1.09 bits per heavy atom. The summed E-state index contributed by atoms with van der Waals surface area (Å²) in [7, 11) is 1.71. The monoisotopic (exact) mass is 607 g/mol. The Bertz CT molecular complexity index is 1290. The second kappa shape index (κ2) is 12.7. The second-order valence-corrected chi connectivity index (χ2v) is 14.2. The van der Waals surface area contributed by atoms with Gasteiger partial charge in [0.2, 0.25) is 17.6 Å². The fourth-order valence-corrected chi connectivity index (χ4v) is 6.96. The third kappa shape index (κ3) is 6.54. The molecule has 5 atom stereocenters. The number of nitrogens with one attached hydrogen (secondary N) is 3. The van der Waals surface area contributed by atoms with Crippen LogP contribution in [0.1, 0.15) is 65.5 Å². The van der Waals surface area contributed by atoms with E-state index in [1.165, 1.54) is 6.08 Å². The summed E-state index contributed by atoms with van der Waals surface area (Å²) in [6.45, 7) is 15.9. The molecule has 0 spiro atoms. The van der Waals surface area contributed by atoms with Crippen molar-refractivity contribution in [2.75, 3.05) is 20.1 Å². The first-order valence-electron chi connectivity index (χ1n) is 15.8. The zero-order valence-corrected chi connectivity index (χ0v) is 27.2. The Kier molecular flexibility index (Phi) is 9.61. The summed E-state index contributed by atoms with van der Waals surface area (Å²) in [5.41, 5.74) is 1.70. The maximum atomic E-state index is 14.5. The molecule has 3 unspecified atom stereocenters. The number of carbonyl (C=O) groups excluding carboxylic acids is 5. The summed E-state index contributed by atoms with van der Waals surface area (Å²) in [6.07, 6.45) is 3.63. The molecule has 1 saturated heterocycles. The van der Waals surface area contributed by atoms with E-state index in [2.05, 4.69) is 48.5 Å². The number of rotatable bonds is 11. The largest absolute Gasteiger partial charge is 0.346 e. The minimum atomic E-state index is -1.00. The van der Waals surface area contributed by atoms with E-state index < -0.39 is 41.3 Å². The third-order valence-corrected chi connectivity index (χ3v) is 10.0. The highest BCUT2D eigenvalue weighted by molar-refractivity contribution is 6.38. The number of ketones is 1. The molecule has 3 N–H and O–H groups in total. The van der Waals surface area contributed by atoms with Crippen molar-refractivity contribution in [1.29, 1.82) is 0 Å². The standard InChI is InChI=1S/C34H49N5O5/c1-9-13-24(28(40)30(42)35-16-10-2)36-29(41)27-25-23(34(25,6)7)19-39(27)31(43)26(37-32(44)38(8)33(3,4)5)22-17-20-14-11-12-15-21(20)18-22/h10-12,14-15,22-27H,2,9,13,16-19H2,1,3-8H3,(H,35,42)(H,36,41)(H,37,44)/t23?,24?,25?,26-,27-/m0/s1. The molecule has 2 fully saturated rings. The summed E-state index contributed by atoms with van der Waals surface area (Å²) in [6, 6.07) is 5.06. The molecule has 1 aromatic carbocycles. The van der Waals surface area contributed by atoms with Crippen molar-refractivity contribution < 1.29 is 24.0 Å². The molecule has 3 aliphatic rings. The summed E-state index contributed by atoms with van der Waals surface area (Å²) in [4.78, 5) is 70.6. The van der Waals surface area contributed by atoms with Crippen molar-refractivity contribution in [2.45, 2.75) is 90.9 Å². The normalized spacial score (nSPS) is 23.1. The molecule has 5 amide bonds. The predicted molar refractivity (Wildman–Crippen MR) is 168 cm³/mol. The van der Waals surface area contributed by atoms with Gasteiger partial charge in [-0.15, -0.1) is 6.58 Å². The molecule has 0 aromatic heterocycles. The number of amides is 5. The maximum Gasteiger partial charge on any atom is 0.318 e. The van der Waals surface area contributed by atoms with Gasteiger partial charge < -0.3 is 25.8 Å². The van der Waals surface area contributed by atoms with E-state index in [4.69, 9.17) is 0 Å². The molecule has 4 rings (SSSR count). The number of Topliss-reactive ketones (excluding diaryl/α,β-unsaturated/α-hetero) is 1. The lowest BCUT2D eigenvalue weighted by atomic mass is 9.93. The molecule has 1 aromatic rings. The molecule has 2 aliphatic carbocycles. The van der Waals surface area contributed by atoms with Crippen molar-refractivity contribution in [3.05, 3.63) is 48.0 Å². The highest BCUT2D eigenvalue weighted by Gasteiger charge is 2.69. The topological polar surface area (TPSA) is 128 Å². The van der Waals surface area contributed by atoms with Gasteiger partial charge in [0.1, 0.15) is 12.1 Å². The van der Waals surface area contributed by atoms with Crippen LogP contribution in [-0.2, 0) is 32.0 Å². The average Bonchev–Trinajstić information content (AvgIpc) is 3.34. The van der Waals surface area contributed by atoms with Crippen LogP contribution < -0.4 is 16.0 Å². The van der Waals surface area contributed by atoms with Gasteiger partial charge in [-0.1, -0.05) is 57.5 Å². The van der Waals surface area contributed by atoms with Gasteiger partial charge in [-0.3, -0.25) is 19.2 Å². The SMILES string of the molecule is C=CCNC(=O)C(=O)C(CCC)NC(=O)[C@@H]1C2C(CN1C(=O)[C@@H](NC(=O)N(C)C(C)(C)C)C1Cc3ccccc3C1)C2(C)C. The van der Waals surface area contributed by atoms with E-state index in [-0.39, 0.29) is 41.7 Å². The lowest BCUT2D eigenvalue weighted by Gasteiger charge is -2.37. The second-order valence-electron chi connectivity index (χ2n) is 14.2. The van der Waals surface area contributed by atoms with Crippen LogP contribution in [0.25, 0.3) is 0 Å². The van der Waals surface area contributed by atoms with Crippen LogP contribution in [0.4, 0.5) is 4.79 Å². The lowest BCUT2D eigenvalue weighted by molar-refractivity contribution is -0.144. The van der Waals surface area contributed by atoms with Crippen LogP contribution in [0.3, 0.4) is 0 Å². The minimum Gasteiger partial charge on any atom is -0.346 e. The highest BCUT2D eigenvalue weighted by Crippen LogP contribution is 2.65. The van der Waals surface area contributed by atoms with Crippen LogP contribution in [0.5, 0.6) is 0 Å². The number of urea groups is 1. The van der Waals surface area contributed by atoms with Gasteiger partial charge in [-0.25, -0.2) is 4.79 Å². The fourth-order valence-electron chi connectivity index (χ4n) is 6.96. The Morgan fingerprint density at radius 2 is 1.70 bits per heavy atom. The van der Waals surface area contributed by atoms with Gasteiger partial charge in [0, 0.05) is 25.7 Å². The predicted octanol–water partition coefficient (Wildman–Crippen LogP) is 2.85. The number of hydrogen-bond donors (Lipinski definition) is 3. The Hall–Kier alpha value is -3.69. The van der Waals surface area contributed by atoms with Gasteiger partial charge in [-0.2, -0.15) is 0 Å². The lowest BCUT2D eigenvalue weighted by Crippen LogP contribution is -2.61. The smallest absolute Gasteiger partial charge is 0.318 e. The molecule has 10 heteroatoms. The quantitative estimate of drug-likeness (QED) is 0.263. The third-order valence-electron chi connectivity index (χ3n) is 10.0. The van der Waals surface area contributed by atoms with Crippen molar-refractivity contribution in [2.24, 2.45) is 23.2 Å². The number of fused-ring (bicyclic) bond motifs is 2. The van der Waals surface area contributed by atoms with Gasteiger partial charge >= 0.3 is 6.03 Å². The van der Waals surface area contributed by atoms with Gasteiger partial charge in [0.25, 0.3) is 5.91 Å². The first kappa shape index (κ1) is 33.2. The molecule has 0 bridgehead atoms. The van der Waals surface area contributed by atoms with Gasteiger partial charge in [0.05, 0.1) is 6.04 Å². The Balaban J connectivity index is 1.61. The minimum absolute atomic E-state index is 0.0900. The number of benzene rings is 1. The van der Waals surface area contributed by atoms with Gasteiger partial charge in [-0.05, 0) is 74.3 Å². The van der Waals surface area contributed by atoms with E-state index >= 15 is 0 Å². The Morgan fingerprint density at radius 3 is 2.25 bits per heavy atom. The van der Waals surface area contributed by atoms with Gasteiger partial charge in [0.15, 0.2) is 0 Å². The zero-order chi connectivity index (χ0) is 32.6. The summed E-state index contributed by atoms with van der Waals surface area (Å²) in [5.74, 6) is -2.37. The maximum absolute atomic E-state index is 14.5. The van der Waals surface area contributed by atoms with Crippen LogP contribution in [0.15, 0.2) is 36.9 Å². The zero-order valence-electron chi connectivity index (χ0n) is 27.2. The van der Waals surface area contributed by atoms with Crippen molar-refractivity contribution in [3.8, 4) is 0 Å². The highest BCUT2D eigenvalue weighted by atomic mass is 16.2. The number of likely N-dealkylation sites (tertiary alicyclic amines) is 1. The van der Waals surface area contributed by atoms with E-state index in [0.717, 1.165) is 11.1 Å². The van der Waals surface area contributed by atoms with Crippen molar-refractivity contribution in [1.82, 2.24) is 25.8 Å². The fraction of sp³-hybridized carbons (Fsp3) is 0.618. The number of carbonyl (C=O) groups is 5. The van der Waals surface area contributed by atoms with Crippen LogP contribution >= 0.6 is 0 Å². The molecule has 10 nitrogen and oxygen atoms in total. The summed E-state index contributed by atoms with van der Waals surface area (Å²) < 4.78 is 0. The Labute approximate surface area is 261 Å². The number of hydrogen-bond acceptors (Lipinski definition) is 5. The average molecular weight is 608 g/mol. The summed E-state index contributed by atoms with van der Waals surface area (Å²) in [5, 5.41) is 8.38. The first-order valence-corrected chi connectivity index (χ1v) is 15.8. The molecule has 1 saturated carbocycles. The van der Waals surface area contributed by atoms with Crippen molar-refractivity contribution in [3.63, 3.8) is 0 Å². The van der Waals surface area contributed by atoms with E-state index in [1.54, 1.807) is 16.8 Å². The molecule has 0 radical (unpaired) electrons. The summed E-state index contributed by atoms with van der Waals surface area (Å²) >= 11 is 0. The molecule has 44 heavy (non-hydrogen) atoms. The molecular formula is C34H49N5O5. The van der Waals surface area contributed by atoms with Crippen LogP contribution in [0.2, 0.25) is 0 Å². The molecule has 240 valence electrons. The van der Waals surface area contributed by atoms with Crippen LogP contribution in [0, 0.1) is 23.2 Å². The molecular weight excluding hydrogens is 558 g/mol.